The highest BCUT2D eigenvalue weighted by atomic mass is 19.1. The molecule has 2 aromatic rings. The van der Waals surface area contributed by atoms with Crippen LogP contribution in [0.4, 0.5) is 4.39 Å². The van der Waals surface area contributed by atoms with E-state index in [0.29, 0.717) is 16.7 Å². The topological polar surface area (TPSA) is 42.1 Å². The SMILES string of the molecule is COc1cc(F)cc2c(=O)cc(C)[nH]c12. The monoisotopic (exact) mass is 207 g/mol. The second-order valence-corrected chi connectivity index (χ2v) is 3.35. The highest BCUT2D eigenvalue weighted by Gasteiger charge is 2.08. The predicted molar refractivity (Wildman–Crippen MR) is 55.8 cm³/mol. The Morgan fingerprint density at radius 1 is 1.33 bits per heavy atom. The first kappa shape index (κ1) is 9.71. The quantitative estimate of drug-likeness (QED) is 0.776. The summed E-state index contributed by atoms with van der Waals surface area (Å²) < 4.78 is 18.1. The molecule has 0 radical (unpaired) electrons. The van der Waals surface area contributed by atoms with Crippen LogP contribution in [-0.2, 0) is 0 Å². The zero-order chi connectivity index (χ0) is 11.0. The van der Waals surface area contributed by atoms with Crippen LogP contribution in [0.15, 0.2) is 23.0 Å². The van der Waals surface area contributed by atoms with Gasteiger partial charge < -0.3 is 9.72 Å². The molecule has 0 spiro atoms. The van der Waals surface area contributed by atoms with E-state index in [-0.39, 0.29) is 5.43 Å². The second kappa shape index (κ2) is 3.38. The number of halogens is 1. The number of hydrogen-bond acceptors (Lipinski definition) is 2. The van der Waals surface area contributed by atoms with Gasteiger partial charge in [-0.25, -0.2) is 4.39 Å². The van der Waals surface area contributed by atoms with Crippen LogP contribution in [0, 0.1) is 12.7 Å². The number of fused-ring (bicyclic) bond motifs is 1. The van der Waals surface area contributed by atoms with E-state index in [4.69, 9.17) is 4.74 Å². The van der Waals surface area contributed by atoms with E-state index in [1.165, 1.54) is 25.3 Å². The maximum Gasteiger partial charge on any atom is 0.189 e. The molecule has 0 saturated heterocycles. The number of rotatable bonds is 1. The van der Waals surface area contributed by atoms with Gasteiger partial charge in [-0.1, -0.05) is 0 Å². The Bertz CT molecular complexity index is 575. The molecule has 2 rings (SSSR count). The van der Waals surface area contributed by atoms with E-state index in [1.54, 1.807) is 6.92 Å². The van der Waals surface area contributed by atoms with E-state index in [1.807, 2.05) is 0 Å². The Morgan fingerprint density at radius 2 is 2.07 bits per heavy atom. The normalized spacial score (nSPS) is 10.6. The molecule has 0 bridgehead atoms. The van der Waals surface area contributed by atoms with Gasteiger partial charge in [-0.05, 0) is 13.0 Å². The minimum atomic E-state index is -0.478. The molecule has 15 heavy (non-hydrogen) atoms. The van der Waals surface area contributed by atoms with E-state index < -0.39 is 5.82 Å². The van der Waals surface area contributed by atoms with Crippen molar-refractivity contribution in [2.24, 2.45) is 0 Å². The van der Waals surface area contributed by atoms with Gasteiger partial charge in [-0.3, -0.25) is 4.79 Å². The summed E-state index contributed by atoms with van der Waals surface area (Å²) in [7, 11) is 1.44. The first-order valence-electron chi connectivity index (χ1n) is 4.49. The molecule has 0 aliphatic carbocycles. The first-order chi connectivity index (χ1) is 7.11. The largest absolute Gasteiger partial charge is 0.494 e. The molecule has 3 nitrogen and oxygen atoms in total. The van der Waals surface area contributed by atoms with Gasteiger partial charge in [0.15, 0.2) is 5.43 Å². The average Bonchev–Trinajstić information content (AvgIpc) is 2.18. The van der Waals surface area contributed by atoms with Gasteiger partial charge in [0.05, 0.1) is 18.0 Å². The van der Waals surface area contributed by atoms with E-state index in [9.17, 15) is 9.18 Å². The summed E-state index contributed by atoms with van der Waals surface area (Å²) in [5.41, 5.74) is 1.04. The standard InChI is InChI=1S/C11H10FNO2/c1-6-3-9(14)8-4-7(12)5-10(15-2)11(8)13-6/h3-5H,1-2H3,(H,13,14). The van der Waals surface area contributed by atoms with Crippen LogP contribution in [0.25, 0.3) is 10.9 Å². The molecule has 1 aromatic heterocycles. The fourth-order valence-electron chi connectivity index (χ4n) is 1.57. The van der Waals surface area contributed by atoms with Gasteiger partial charge in [-0.15, -0.1) is 0 Å². The van der Waals surface area contributed by atoms with E-state index in [2.05, 4.69) is 4.98 Å². The molecule has 78 valence electrons. The second-order valence-electron chi connectivity index (χ2n) is 3.35. The van der Waals surface area contributed by atoms with Crippen molar-refractivity contribution in [1.29, 1.82) is 0 Å². The molecular formula is C11H10FNO2. The van der Waals surface area contributed by atoms with Gasteiger partial charge in [-0.2, -0.15) is 0 Å². The van der Waals surface area contributed by atoms with Crippen molar-refractivity contribution in [2.45, 2.75) is 6.92 Å². The molecule has 0 amide bonds. The highest BCUT2D eigenvalue weighted by molar-refractivity contribution is 5.84. The number of aryl methyl sites for hydroxylation is 1. The molecular weight excluding hydrogens is 197 g/mol. The minimum absolute atomic E-state index is 0.209. The third-order valence-electron chi connectivity index (χ3n) is 2.22. The number of H-pyrrole nitrogens is 1. The molecule has 1 N–H and O–H groups in total. The van der Waals surface area contributed by atoms with Crippen LogP contribution >= 0.6 is 0 Å². The maximum absolute atomic E-state index is 13.1. The lowest BCUT2D eigenvalue weighted by Gasteiger charge is -2.06. The number of hydrogen-bond donors (Lipinski definition) is 1. The first-order valence-corrected chi connectivity index (χ1v) is 4.49. The van der Waals surface area contributed by atoms with Gasteiger partial charge >= 0.3 is 0 Å². The lowest BCUT2D eigenvalue weighted by Crippen LogP contribution is -2.04. The molecule has 0 aliphatic heterocycles. The highest BCUT2D eigenvalue weighted by Crippen LogP contribution is 2.23. The van der Waals surface area contributed by atoms with E-state index >= 15 is 0 Å². The summed E-state index contributed by atoms with van der Waals surface area (Å²) in [6.07, 6.45) is 0. The number of ether oxygens (including phenoxy) is 1. The van der Waals surface area contributed by atoms with Crippen LogP contribution in [-0.4, -0.2) is 12.1 Å². The van der Waals surface area contributed by atoms with Gasteiger partial charge in [0, 0.05) is 17.8 Å². The minimum Gasteiger partial charge on any atom is -0.494 e. The van der Waals surface area contributed by atoms with Crippen molar-refractivity contribution in [3.63, 3.8) is 0 Å². The van der Waals surface area contributed by atoms with Gasteiger partial charge in [0.25, 0.3) is 0 Å². The number of pyridine rings is 1. The van der Waals surface area contributed by atoms with E-state index in [0.717, 1.165) is 5.69 Å². The fourth-order valence-corrected chi connectivity index (χ4v) is 1.57. The zero-order valence-electron chi connectivity index (χ0n) is 8.43. The van der Waals surface area contributed by atoms with Crippen molar-refractivity contribution in [2.75, 3.05) is 7.11 Å². The third kappa shape index (κ3) is 1.58. The smallest absolute Gasteiger partial charge is 0.189 e. The molecule has 0 aliphatic rings. The number of methoxy groups -OCH3 is 1. The third-order valence-corrected chi connectivity index (χ3v) is 2.22. The van der Waals surface area contributed by atoms with Crippen LogP contribution < -0.4 is 10.2 Å². The van der Waals surface area contributed by atoms with Crippen LogP contribution in [0.2, 0.25) is 0 Å². The molecule has 0 saturated carbocycles. The summed E-state index contributed by atoms with van der Waals surface area (Å²) in [4.78, 5) is 14.6. The number of nitrogens with one attached hydrogen (secondary N) is 1. The summed E-state index contributed by atoms with van der Waals surface area (Å²) >= 11 is 0. The molecule has 4 heteroatoms. The summed E-state index contributed by atoms with van der Waals surface area (Å²) in [6, 6.07) is 3.88. The lowest BCUT2D eigenvalue weighted by atomic mass is 10.2. The molecule has 0 fully saturated rings. The van der Waals surface area contributed by atoms with Crippen molar-refractivity contribution in [1.82, 2.24) is 4.98 Å². The Balaban J connectivity index is 2.96. The fraction of sp³-hybridized carbons (Fsp3) is 0.182. The Kier molecular flexibility index (Phi) is 2.19. The van der Waals surface area contributed by atoms with Crippen molar-refractivity contribution in [3.8, 4) is 5.75 Å². The number of aromatic nitrogens is 1. The average molecular weight is 207 g/mol. The Labute approximate surface area is 85.5 Å². The summed E-state index contributed by atoms with van der Waals surface area (Å²) in [6.45, 7) is 1.77. The van der Waals surface area contributed by atoms with Crippen molar-refractivity contribution < 1.29 is 9.13 Å². The van der Waals surface area contributed by atoms with Crippen molar-refractivity contribution in [3.05, 3.63) is 39.9 Å². The Morgan fingerprint density at radius 3 is 2.73 bits per heavy atom. The van der Waals surface area contributed by atoms with Gasteiger partial charge in [0.1, 0.15) is 11.6 Å². The number of benzene rings is 1. The summed E-state index contributed by atoms with van der Waals surface area (Å²) in [5, 5.41) is 0.303. The van der Waals surface area contributed by atoms with Crippen LogP contribution in [0.5, 0.6) is 5.75 Å². The molecule has 0 atom stereocenters. The maximum atomic E-state index is 13.1. The number of aromatic amines is 1. The molecule has 1 heterocycles. The summed E-state index contributed by atoms with van der Waals surface area (Å²) in [5.74, 6) is -0.139. The van der Waals surface area contributed by atoms with Crippen molar-refractivity contribution >= 4 is 10.9 Å². The lowest BCUT2D eigenvalue weighted by molar-refractivity contribution is 0.415. The van der Waals surface area contributed by atoms with Crippen LogP contribution in [0.1, 0.15) is 5.69 Å². The zero-order valence-corrected chi connectivity index (χ0v) is 8.43. The molecule has 0 unspecified atom stereocenters. The van der Waals surface area contributed by atoms with Gasteiger partial charge in [0.2, 0.25) is 0 Å². The Hall–Kier alpha value is -1.84. The van der Waals surface area contributed by atoms with Crippen LogP contribution in [0.3, 0.4) is 0 Å². The predicted octanol–water partition coefficient (Wildman–Crippen LogP) is 1.98. The molecule has 1 aromatic carbocycles.